The van der Waals surface area contributed by atoms with Gasteiger partial charge in [-0.25, -0.2) is 8.42 Å². The molecule has 1 aromatic carbocycles. The van der Waals surface area contributed by atoms with Gasteiger partial charge in [0.05, 0.1) is 12.1 Å². The highest BCUT2D eigenvalue weighted by Crippen LogP contribution is 2.26. The topological polar surface area (TPSA) is 66.9 Å². The van der Waals surface area contributed by atoms with E-state index in [0.29, 0.717) is 23.1 Å². The molecule has 1 heterocycles. The first-order chi connectivity index (χ1) is 10.9. The lowest BCUT2D eigenvalue weighted by Gasteiger charge is -2.21. The quantitative estimate of drug-likeness (QED) is 0.774. The highest BCUT2D eigenvalue weighted by Gasteiger charge is 2.26. The Morgan fingerprint density at radius 1 is 1.22 bits per heavy atom. The molecule has 1 aliphatic heterocycles. The van der Waals surface area contributed by atoms with Crippen LogP contribution in [0.3, 0.4) is 0 Å². The smallest absolute Gasteiger partial charge is 0.266 e. The van der Waals surface area contributed by atoms with Crippen molar-refractivity contribution in [1.29, 1.82) is 0 Å². The van der Waals surface area contributed by atoms with Crippen LogP contribution in [0.2, 0.25) is 5.02 Å². The third kappa shape index (κ3) is 4.03. The van der Waals surface area contributed by atoms with E-state index in [1.165, 1.54) is 26.3 Å². The van der Waals surface area contributed by atoms with Crippen LogP contribution in [0, 0.1) is 0 Å². The lowest BCUT2D eigenvalue weighted by molar-refractivity contribution is -0.0258. The molecule has 0 atom stereocenters. The second-order valence-electron chi connectivity index (χ2n) is 5.45. The predicted molar refractivity (Wildman–Crippen MR) is 87.8 cm³/mol. The molecule has 1 saturated heterocycles. The molecule has 8 heteroatoms. The molecule has 128 valence electrons. The number of amides is 1. The van der Waals surface area contributed by atoms with Gasteiger partial charge >= 0.3 is 0 Å². The van der Waals surface area contributed by atoms with Crippen LogP contribution in [-0.4, -0.2) is 50.9 Å². The van der Waals surface area contributed by atoms with E-state index < -0.39 is 10.0 Å². The van der Waals surface area contributed by atoms with E-state index in [9.17, 15) is 13.2 Å². The molecule has 23 heavy (non-hydrogen) atoms. The fourth-order valence-corrected chi connectivity index (χ4v) is 4.00. The molecule has 0 N–H and O–H groups in total. The number of likely N-dealkylation sites (tertiary alicyclic amines) is 1. The minimum absolute atomic E-state index is 0.0568. The molecule has 6 nitrogen and oxygen atoms in total. The molecule has 0 spiro atoms. The number of nitrogens with zero attached hydrogens (tertiary/aromatic N) is 2. The summed E-state index contributed by atoms with van der Waals surface area (Å²) in [6.45, 7) is 1.39. The fraction of sp³-hybridized carbons (Fsp3) is 0.533. The van der Waals surface area contributed by atoms with Gasteiger partial charge in [-0.3, -0.25) is 9.63 Å². The first-order valence-electron chi connectivity index (χ1n) is 7.50. The van der Waals surface area contributed by atoms with Gasteiger partial charge in [0.25, 0.3) is 15.9 Å². The van der Waals surface area contributed by atoms with E-state index >= 15 is 0 Å². The minimum atomic E-state index is -3.91. The Kier molecular flexibility index (Phi) is 6.02. The van der Waals surface area contributed by atoms with Crippen molar-refractivity contribution in [3.05, 3.63) is 28.8 Å². The summed E-state index contributed by atoms with van der Waals surface area (Å²) in [7, 11) is -1.38. The predicted octanol–water partition coefficient (Wildman–Crippen LogP) is 2.54. The third-order valence-electron chi connectivity index (χ3n) is 3.94. The molecule has 1 amide bonds. The van der Waals surface area contributed by atoms with Gasteiger partial charge in [-0.15, -0.1) is 0 Å². The van der Waals surface area contributed by atoms with Crippen LogP contribution in [0.1, 0.15) is 36.0 Å². The van der Waals surface area contributed by atoms with Gasteiger partial charge in [-0.1, -0.05) is 28.9 Å². The molecular weight excluding hydrogens is 340 g/mol. The zero-order valence-electron chi connectivity index (χ0n) is 13.3. The summed E-state index contributed by atoms with van der Waals surface area (Å²) >= 11 is 6.01. The Hall–Kier alpha value is -1.15. The van der Waals surface area contributed by atoms with Crippen molar-refractivity contribution >= 4 is 27.5 Å². The Morgan fingerprint density at radius 2 is 1.83 bits per heavy atom. The number of carbonyl (C=O) groups excluding carboxylic acids is 1. The zero-order valence-corrected chi connectivity index (χ0v) is 14.9. The van der Waals surface area contributed by atoms with Gasteiger partial charge < -0.3 is 4.90 Å². The number of halogens is 1. The Balaban J connectivity index is 2.35. The monoisotopic (exact) mass is 360 g/mol. The van der Waals surface area contributed by atoms with Crippen molar-refractivity contribution in [2.75, 3.05) is 27.2 Å². The van der Waals surface area contributed by atoms with Gasteiger partial charge in [0, 0.05) is 25.7 Å². The van der Waals surface area contributed by atoms with Gasteiger partial charge in [0.2, 0.25) is 0 Å². The maximum atomic E-state index is 12.6. The van der Waals surface area contributed by atoms with Crippen LogP contribution in [-0.2, 0) is 14.9 Å². The number of hydroxylamine groups is 1. The van der Waals surface area contributed by atoms with E-state index in [2.05, 4.69) is 0 Å². The van der Waals surface area contributed by atoms with Gasteiger partial charge in [-0.05, 0) is 31.0 Å². The SMILES string of the molecule is CON(C)S(=O)(=O)c1cc(C(=O)N2CCCCCC2)ccc1Cl. The maximum Gasteiger partial charge on any atom is 0.266 e. The molecule has 2 rings (SSSR count). The van der Waals surface area contributed by atoms with Gasteiger partial charge in [0.15, 0.2) is 0 Å². The van der Waals surface area contributed by atoms with Gasteiger partial charge in [0.1, 0.15) is 4.90 Å². The van der Waals surface area contributed by atoms with Crippen LogP contribution in [0.4, 0.5) is 0 Å². The van der Waals surface area contributed by atoms with Crippen molar-refractivity contribution < 1.29 is 18.0 Å². The van der Waals surface area contributed by atoms with E-state index in [1.807, 2.05) is 0 Å². The third-order valence-corrected chi connectivity index (χ3v) is 6.11. The van der Waals surface area contributed by atoms with Crippen molar-refractivity contribution in [3.63, 3.8) is 0 Å². The van der Waals surface area contributed by atoms with Crippen LogP contribution in [0.5, 0.6) is 0 Å². The van der Waals surface area contributed by atoms with Crippen LogP contribution < -0.4 is 0 Å². The first kappa shape index (κ1) is 18.2. The Labute approximate surface area is 142 Å². The summed E-state index contributed by atoms with van der Waals surface area (Å²) < 4.78 is 25.5. The van der Waals surface area contributed by atoms with E-state index in [0.717, 1.165) is 25.7 Å². The molecule has 0 radical (unpaired) electrons. The molecule has 0 saturated carbocycles. The van der Waals surface area contributed by atoms with Crippen LogP contribution in [0.15, 0.2) is 23.1 Å². The second-order valence-corrected chi connectivity index (χ2v) is 7.76. The molecule has 1 aliphatic rings. The summed E-state index contributed by atoms with van der Waals surface area (Å²) in [5, 5.41) is 0.0568. The van der Waals surface area contributed by atoms with Crippen molar-refractivity contribution in [1.82, 2.24) is 9.37 Å². The first-order valence-corrected chi connectivity index (χ1v) is 9.31. The summed E-state index contributed by atoms with van der Waals surface area (Å²) in [5.41, 5.74) is 0.319. The van der Waals surface area contributed by atoms with E-state index in [-0.39, 0.29) is 15.8 Å². The number of carbonyl (C=O) groups is 1. The summed E-state index contributed by atoms with van der Waals surface area (Å²) in [5.74, 6) is -0.167. The largest absolute Gasteiger partial charge is 0.339 e. The minimum Gasteiger partial charge on any atom is -0.339 e. The van der Waals surface area contributed by atoms with Crippen molar-refractivity contribution in [2.45, 2.75) is 30.6 Å². The van der Waals surface area contributed by atoms with Crippen LogP contribution in [0.25, 0.3) is 0 Å². The second kappa shape index (κ2) is 7.61. The molecule has 0 unspecified atom stereocenters. The zero-order chi connectivity index (χ0) is 17.0. The number of benzene rings is 1. The molecule has 1 aromatic rings. The molecular formula is C15H21ClN2O4S. The van der Waals surface area contributed by atoms with Crippen LogP contribution >= 0.6 is 11.6 Å². The normalized spacial score (nSPS) is 16.4. The summed E-state index contributed by atoms with van der Waals surface area (Å²) in [4.78, 5) is 19.0. The van der Waals surface area contributed by atoms with Gasteiger partial charge in [-0.2, -0.15) is 0 Å². The standard InChI is InChI=1S/C15H21ClN2O4S/c1-17(22-2)23(20,21)14-11-12(7-8-13(14)16)15(19)18-9-5-3-4-6-10-18/h7-8,11H,3-6,9-10H2,1-2H3. The number of sulfonamides is 1. The highest BCUT2D eigenvalue weighted by atomic mass is 35.5. The fourth-order valence-electron chi connectivity index (χ4n) is 2.53. The number of hydrogen-bond donors (Lipinski definition) is 0. The van der Waals surface area contributed by atoms with Crippen molar-refractivity contribution in [3.8, 4) is 0 Å². The molecule has 0 aliphatic carbocycles. The lowest BCUT2D eigenvalue weighted by Crippen LogP contribution is -2.32. The van der Waals surface area contributed by atoms with E-state index in [4.69, 9.17) is 16.4 Å². The van der Waals surface area contributed by atoms with Crippen molar-refractivity contribution in [2.24, 2.45) is 0 Å². The maximum absolute atomic E-state index is 12.6. The highest BCUT2D eigenvalue weighted by molar-refractivity contribution is 7.89. The average molecular weight is 361 g/mol. The molecule has 1 fully saturated rings. The summed E-state index contributed by atoms with van der Waals surface area (Å²) in [6, 6.07) is 4.31. The van der Waals surface area contributed by atoms with E-state index in [1.54, 1.807) is 11.0 Å². The molecule has 0 aromatic heterocycles. The summed E-state index contributed by atoms with van der Waals surface area (Å²) in [6.07, 6.45) is 4.17. The average Bonchev–Trinajstić information content (AvgIpc) is 2.82. The Bertz CT molecular complexity index is 670. The number of rotatable bonds is 4. The Morgan fingerprint density at radius 3 is 2.39 bits per heavy atom. The molecule has 0 bridgehead atoms. The number of hydrogen-bond acceptors (Lipinski definition) is 4. The lowest BCUT2D eigenvalue weighted by atomic mass is 10.2.